The van der Waals surface area contributed by atoms with Crippen molar-refractivity contribution in [3.63, 3.8) is 0 Å². The van der Waals surface area contributed by atoms with Gasteiger partial charge in [0.15, 0.2) is 0 Å². The number of esters is 1. The van der Waals surface area contributed by atoms with Crippen LogP contribution < -0.4 is 5.32 Å². The lowest BCUT2D eigenvalue weighted by Gasteiger charge is -2.17. The minimum atomic E-state index is -0.373. The van der Waals surface area contributed by atoms with Gasteiger partial charge in [0.25, 0.3) is 5.91 Å². The maximum absolute atomic E-state index is 12.8. The summed E-state index contributed by atoms with van der Waals surface area (Å²) in [4.78, 5) is 41.7. The summed E-state index contributed by atoms with van der Waals surface area (Å²) in [7, 11) is 0. The first-order chi connectivity index (χ1) is 18.8. The summed E-state index contributed by atoms with van der Waals surface area (Å²) in [5.41, 5.74) is 1.97. The van der Waals surface area contributed by atoms with Gasteiger partial charge in [-0.1, -0.05) is 68.0 Å². The Hall–Kier alpha value is -2.72. The van der Waals surface area contributed by atoms with Gasteiger partial charge >= 0.3 is 5.97 Å². The summed E-state index contributed by atoms with van der Waals surface area (Å²) in [5, 5.41) is 3.50. The summed E-state index contributed by atoms with van der Waals surface area (Å²) < 4.78 is 5.89. The van der Waals surface area contributed by atoms with E-state index in [-0.39, 0.29) is 17.8 Å². The second-order valence-electron chi connectivity index (χ2n) is 8.98. The lowest BCUT2D eigenvalue weighted by molar-refractivity contribution is -0.122. The number of anilines is 1. The number of unbranched alkanes of at least 4 members (excludes halogenated alkanes) is 2. The number of carbonyl (C=O) groups excluding carboxylic acids is 3. The first kappa shape index (κ1) is 30.8. The topological polar surface area (TPSA) is 79.0 Å². The van der Waals surface area contributed by atoms with Crippen molar-refractivity contribution in [3.05, 3.63) is 69.6 Å². The van der Waals surface area contributed by atoms with Gasteiger partial charge in [0, 0.05) is 30.2 Å². The van der Waals surface area contributed by atoms with Crippen molar-refractivity contribution < 1.29 is 19.1 Å². The Labute approximate surface area is 244 Å². The SMILES string of the molecule is CCN(CC)CCOC(=O)c1ccc(NC(=O)CCCCCN2C(=O)/C(=C/c3ccc(Cl)cc3)SC2=S)cc1. The molecule has 3 rings (SSSR count). The highest BCUT2D eigenvalue weighted by Gasteiger charge is 2.31. The van der Waals surface area contributed by atoms with Crippen LogP contribution in [0.4, 0.5) is 5.69 Å². The van der Waals surface area contributed by atoms with Gasteiger partial charge in [-0.3, -0.25) is 14.5 Å². The van der Waals surface area contributed by atoms with Crippen LogP contribution in [0.25, 0.3) is 6.08 Å². The molecule has 1 aliphatic heterocycles. The number of rotatable bonds is 14. The molecule has 1 saturated heterocycles. The zero-order valence-corrected chi connectivity index (χ0v) is 24.7. The second-order valence-corrected chi connectivity index (χ2v) is 11.1. The van der Waals surface area contributed by atoms with Crippen LogP contribution in [-0.4, -0.2) is 64.7 Å². The predicted molar refractivity (Wildman–Crippen MR) is 163 cm³/mol. The summed E-state index contributed by atoms with van der Waals surface area (Å²) in [6.45, 7) is 7.54. The number of benzene rings is 2. The molecule has 208 valence electrons. The molecule has 2 aromatic carbocycles. The number of nitrogens with one attached hydrogen (secondary N) is 1. The van der Waals surface area contributed by atoms with Gasteiger partial charge < -0.3 is 15.0 Å². The van der Waals surface area contributed by atoms with Crippen molar-refractivity contribution in [2.75, 3.05) is 38.1 Å². The molecule has 1 heterocycles. The molecule has 39 heavy (non-hydrogen) atoms. The van der Waals surface area contributed by atoms with Gasteiger partial charge in [0.2, 0.25) is 5.91 Å². The lowest BCUT2D eigenvalue weighted by atomic mass is 10.1. The number of carbonyl (C=O) groups is 3. The molecular formula is C29H34ClN3O4S2. The Morgan fingerprint density at radius 2 is 1.74 bits per heavy atom. The summed E-state index contributed by atoms with van der Waals surface area (Å²) in [5.74, 6) is -0.558. The Morgan fingerprint density at radius 3 is 2.41 bits per heavy atom. The van der Waals surface area contributed by atoms with Crippen LogP contribution >= 0.6 is 35.6 Å². The Bertz CT molecular complexity index is 1180. The van der Waals surface area contributed by atoms with Crippen LogP contribution in [0.1, 0.15) is 55.5 Å². The van der Waals surface area contributed by atoms with E-state index in [2.05, 4.69) is 24.1 Å². The van der Waals surface area contributed by atoms with Crippen LogP contribution in [0.5, 0.6) is 0 Å². The third-order valence-electron chi connectivity index (χ3n) is 6.27. The lowest BCUT2D eigenvalue weighted by Crippen LogP contribution is -2.29. The highest BCUT2D eigenvalue weighted by Crippen LogP contribution is 2.33. The van der Waals surface area contributed by atoms with E-state index in [0.717, 1.165) is 31.5 Å². The van der Waals surface area contributed by atoms with Crippen LogP contribution in [-0.2, 0) is 14.3 Å². The van der Waals surface area contributed by atoms with E-state index in [9.17, 15) is 14.4 Å². The van der Waals surface area contributed by atoms with E-state index in [4.69, 9.17) is 28.6 Å². The first-order valence-corrected chi connectivity index (χ1v) is 14.7. The highest BCUT2D eigenvalue weighted by atomic mass is 35.5. The highest BCUT2D eigenvalue weighted by molar-refractivity contribution is 8.26. The van der Waals surface area contributed by atoms with E-state index in [0.29, 0.717) is 58.0 Å². The minimum Gasteiger partial charge on any atom is -0.461 e. The van der Waals surface area contributed by atoms with E-state index in [1.165, 1.54) is 11.8 Å². The maximum atomic E-state index is 12.8. The molecule has 0 aromatic heterocycles. The van der Waals surface area contributed by atoms with E-state index >= 15 is 0 Å². The number of hydrogen-bond acceptors (Lipinski definition) is 7. The molecule has 0 spiro atoms. The molecule has 0 unspecified atom stereocenters. The van der Waals surface area contributed by atoms with Crippen molar-refractivity contribution in [2.24, 2.45) is 0 Å². The van der Waals surface area contributed by atoms with Crippen molar-refractivity contribution >= 4 is 69.4 Å². The number of nitrogens with zero attached hydrogens (tertiary/aromatic N) is 2. The molecule has 2 aromatic rings. The van der Waals surface area contributed by atoms with Gasteiger partial charge in [0.1, 0.15) is 10.9 Å². The predicted octanol–water partition coefficient (Wildman–Crippen LogP) is 6.24. The molecule has 1 aliphatic rings. The average Bonchev–Trinajstić information content (AvgIpc) is 3.19. The normalized spacial score (nSPS) is 14.4. The van der Waals surface area contributed by atoms with Crippen LogP contribution in [0.2, 0.25) is 5.02 Å². The second kappa shape index (κ2) is 15.8. The van der Waals surface area contributed by atoms with Crippen LogP contribution in [0.15, 0.2) is 53.4 Å². The first-order valence-electron chi connectivity index (χ1n) is 13.1. The van der Waals surface area contributed by atoms with Gasteiger partial charge in [0.05, 0.1) is 10.5 Å². The summed E-state index contributed by atoms with van der Waals surface area (Å²) in [6.07, 6.45) is 4.42. The molecular weight excluding hydrogens is 554 g/mol. The molecule has 10 heteroatoms. The zero-order valence-electron chi connectivity index (χ0n) is 22.3. The largest absolute Gasteiger partial charge is 0.461 e. The Morgan fingerprint density at radius 1 is 1.05 bits per heavy atom. The molecule has 1 fully saturated rings. The van der Waals surface area contributed by atoms with Gasteiger partial charge in [-0.15, -0.1) is 0 Å². The summed E-state index contributed by atoms with van der Waals surface area (Å²) in [6, 6.07) is 14.0. The monoisotopic (exact) mass is 587 g/mol. The Kier molecular flexibility index (Phi) is 12.5. The molecule has 0 radical (unpaired) electrons. The molecule has 0 saturated carbocycles. The number of hydrogen-bond donors (Lipinski definition) is 1. The maximum Gasteiger partial charge on any atom is 0.338 e. The van der Waals surface area contributed by atoms with Crippen LogP contribution in [0.3, 0.4) is 0 Å². The van der Waals surface area contributed by atoms with Gasteiger partial charge in [-0.25, -0.2) is 4.79 Å². The molecule has 0 atom stereocenters. The number of thioether (sulfide) groups is 1. The van der Waals surface area contributed by atoms with E-state index < -0.39 is 0 Å². The average molecular weight is 588 g/mol. The van der Waals surface area contributed by atoms with Crippen molar-refractivity contribution in [1.82, 2.24) is 9.80 Å². The van der Waals surface area contributed by atoms with E-state index in [1.807, 2.05) is 18.2 Å². The number of halogens is 1. The number of ether oxygens (including phenoxy) is 1. The third-order valence-corrected chi connectivity index (χ3v) is 7.90. The van der Waals surface area contributed by atoms with Crippen LogP contribution in [0, 0.1) is 0 Å². The number of thiocarbonyl (C=S) groups is 1. The van der Waals surface area contributed by atoms with Crippen molar-refractivity contribution in [1.29, 1.82) is 0 Å². The molecule has 0 aliphatic carbocycles. The smallest absolute Gasteiger partial charge is 0.338 e. The third kappa shape index (κ3) is 9.76. The van der Waals surface area contributed by atoms with Gasteiger partial charge in [-0.05, 0) is 74.0 Å². The van der Waals surface area contributed by atoms with Crippen molar-refractivity contribution in [2.45, 2.75) is 39.5 Å². The Balaban J connectivity index is 1.34. The standard InChI is InChI=1S/C29H34ClN3O4S2/c1-3-32(4-2)18-19-37-28(36)22-11-15-24(16-12-22)31-26(34)8-6-5-7-17-33-27(35)25(39-29(33)38)20-21-9-13-23(30)14-10-21/h9-16,20H,3-8,17-19H2,1-2H3,(H,31,34)/b25-20-. The van der Waals surface area contributed by atoms with E-state index in [1.54, 1.807) is 41.3 Å². The quantitative estimate of drug-likeness (QED) is 0.121. The molecule has 2 amide bonds. The zero-order chi connectivity index (χ0) is 28.2. The van der Waals surface area contributed by atoms with Gasteiger partial charge in [-0.2, -0.15) is 0 Å². The fourth-order valence-corrected chi connectivity index (χ4v) is 5.37. The van der Waals surface area contributed by atoms with Crippen molar-refractivity contribution in [3.8, 4) is 0 Å². The molecule has 0 bridgehead atoms. The molecule has 7 nitrogen and oxygen atoms in total. The fraction of sp³-hybridized carbons (Fsp3) is 0.379. The fourth-order valence-electron chi connectivity index (χ4n) is 3.94. The number of amides is 2. The molecule has 1 N–H and O–H groups in total. The number of likely N-dealkylation sites (N-methyl/N-ethyl adjacent to an activating group) is 1. The minimum absolute atomic E-state index is 0.0890. The summed E-state index contributed by atoms with van der Waals surface area (Å²) >= 11 is 12.6.